The number of rotatable bonds is 4. The molecule has 0 amide bonds. The van der Waals surface area contributed by atoms with Crippen molar-refractivity contribution in [2.24, 2.45) is 4.99 Å². The summed E-state index contributed by atoms with van der Waals surface area (Å²) < 4.78 is 57.9. The summed E-state index contributed by atoms with van der Waals surface area (Å²) in [6, 6.07) is 2.70. The molecular formula is C17H23F4N3O. The smallest absolute Gasteiger partial charge is 0.378 e. The summed E-state index contributed by atoms with van der Waals surface area (Å²) in [4.78, 5) is 6.13. The Bertz CT molecular complexity index is 596. The van der Waals surface area contributed by atoms with Gasteiger partial charge in [0.2, 0.25) is 0 Å². The fourth-order valence-corrected chi connectivity index (χ4v) is 2.94. The van der Waals surface area contributed by atoms with Crippen molar-refractivity contribution in [3.05, 3.63) is 35.1 Å². The normalized spacial score (nSPS) is 17.0. The van der Waals surface area contributed by atoms with Crippen LogP contribution in [-0.2, 0) is 17.5 Å². The number of likely N-dealkylation sites (tertiary alicyclic amines) is 1. The van der Waals surface area contributed by atoms with Crippen LogP contribution in [0.1, 0.15) is 30.9 Å². The van der Waals surface area contributed by atoms with Gasteiger partial charge in [-0.1, -0.05) is 6.07 Å². The first-order valence-corrected chi connectivity index (χ1v) is 8.28. The maximum absolute atomic E-state index is 13.2. The van der Waals surface area contributed by atoms with Gasteiger partial charge in [-0.2, -0.15) is 13.2 Å². The topological polar surface area (TPSA) is 36.9 Å². The highest BCUT2D eigenvalue weighted by atomic mass is 19.4. The molecule has 1 N–H and O–H groups in total. The number of piperidine rings is 1. The van der Waals surface area contributed by atoms with Crippen LogP contribution in [0.5, 0.6) is 0 Å². The van der Waals surface area contributed by atoms with Gasteiger partial charge in [-0.3, -0.25) is 4.99 Å². The highest BCUT2D eigenvalue weighted by Gasteiger charge is 2.33. The summed E-state index contributed by atoms with van der Waals surface area (Å²) in [6.45, 7) is 3.99. The van der Waals surface area contributed by atoms with Crippen LogP contribution in [0.2, 0.25) is 0 Å². The Balaban J connectivity index is 2.00. The van der Waals surface area contributed by atoms with Crippen LogP contribution in [0.4, 0.5) is 17.6 Å². The lowest BCUT2D eigenvalue weighted by Gasteiger charge is -2.34. The van der Waals surface area contributed by atoms with Gasteiger partial charge in [-0.05, 0) is 37.5 Å². The summed E-state index contributed by atoms with van der Waals surface area (Å²) in [6.07, 6.45) is -2.69. The van der Waals surface area contributed by atoms with Gasteiger partial charge in [0.1, 0.15) is 5.82 Å². The van der Waals surface area contributed by atoms with Crippen molar-refractivity contribution in [3.8, 4) is 0 Å². The third kappa shape index (κ3) is 5.32. The molecule has 0 aliphatic carbocycles. The molecule has 1 saturated heterocycles. The van der Waals surface area contributed by atoms with Crippen molar-refractivity contribution >= 4 is 5.96 Å². The summed E-state index contributed by atoms with van der Waals surface area (Å²) in [5.41, 5.74) is -0.982. The highest BCUT2D eigenvalue weighted by Crippen LogP contribution is 2.32. The minimum Gasteiger partial charge on any atom is -0.378 e. The fourth-order valence-electron chi connectivity index (χ4n) is 2.94. The maximum Gasteiger partial charge on any atom is 0.416 e. The first-order chi connectivity index (χ1) is 11.8. The average molecular weight is 361 g/mol. The fraction of sp³-hybridized carbons (Fsp3) is 0.588. The minimum atomic E-state index is -4.60. The van der Waals surface area contributed by atoms with E-state index in [1.807, 2.05) is 11.8 Å². The predicted octanol–water partition coefficient (Wildman–Crippen LogP) is 3.42. The van der Waals surface area contributed by atoms with E-state index in [-0.39, 0.29) is 18.2 Å². The lowest BCUT2D eigenvalue weighted by atomic mass is 10.1. The van der Waals surface area contributed by atoms with E-state index in [2.05, 4.69) is 10.3 Å². The minimum absolute atomic E-state index is 0.0146. The van der Waals surface area contributed by atoms with Gasteiger partial charge in [0.25, 0.3) is 0 Å². The van der Waals surface area contributed by atoms with E-state index in [0.717, 1.165) is 38.1 Å². The van der Waals surface area contributed by atoms with E-state index < -0.39 is 17.6 Å². The Morgan fingerprint density at radius 2 is 2.00 bits per heavy atom. The number of halogens is 4. The van der Waals surface area contributed by atoms with Gasteiger partial charge >= 0.3 is 6.18 Å². The lowest BCUT2D eigenvalue weighted by Crippen LogP contribution is -2.46. The third-order valence-electron chi connectivity index (χ3n) is 4.17. The number of benzene rings is 1. The molecular weight excluding hydrogens is 338 g/mol. The van der Waals surface area contributed by atoms with Crippen LogP contribution in [-0.4, -0.2) is 43.7 Å². The summed E-state index contributed by atoms with van der Waals surface area (Å²) in [5.74, 6) is -0.370. The van der Waals surface area contributed by atoms with Gasteiger partial charge in [0, 0.05) is 33.3 Å². The molecule has 0 aromatic heterocycles. The molecule has 1 aromatic rings. The molecule has 0 atom stereocenters. The first-order valence-electron chi connectivity index (χ1n) is 8.28. The zero-order chi connectivity index (χ0) is 18.4. The van der Waals surface area contributed by atoms with E-state index >= 15 is 0 Å². The Hall–Kier alpha value is -1.83. The Morgan fingerprint density at radius 3 is 2.56 bits per heavy atom. The molecule has 0 spiro atoms. The molecule has 1 heterocycles. The number of alkyl halides is 3. The van der Waals surface area contributed by atoms with Gasteiger partial charge in [-0.15, -0.1) is 0 Å². The molecule has 1 aliphatic heterocycles. The van der Waals surface area contributed by atoms with Crippen molar-refractivity contribution in [3.63, 3.8) is 0 Å². The second-order valence-corrected chi connectivity index (χ2v) is 5.84. The number of nitrogens with one attached hydrogen (secondary N) is 1. The Labute approximate surface area is 144 Å². The monoisotopic (exact) mass is 361 g/mol. The number of ether oxygens (including phenoxy) is 1. The van der Waals surface area contributed by atoms with Gasteiger partial charge in [0.15, 0.2) is 5.96 Å². The van der Waals surface area contributed by atoms with Gasteiger partial charge < -0.3 is 15.0 Å². The van der Waals surface area contributed by atoms with E-state index in [1.54, 1.807) is 7.05 Å². The van der Waals surface area contributed by atoms with Crippen molar-refractivity contribution < 1.29 is 22.3 Å². The molecule has 140 valence electrons. The van der Waals surface area contributed by atoms with Crippen molar-refractivity contribution in [2.45, 2.75) is 38.6 Å². The number of nitrogens with zero attached hydrogens (tertiary/aromatic N) is 2. The van der Waals surface area contributed by atoms with Crippen LogP contribution < -0.4 is 5.32 Å². The van der Waals surface area contributed by atoms with Crippen molar-refractivity contribution in [2.75, 3.05) is 26.7 Å². The van der Waals surface area contributed by atoms with E-state index in [4.69, 9.17) is 4.74 Å². The van der Waals surface area contributed by atoms with Crippen molar-refractivity contribution in [1.29, 1.82) is 0 Å². The molecule has 0 saturated carbocycles. The molecule has 4 nitrogen and oxygen atoms in total. The molecule has 2 rings (SSSR count). The maximum atomic E-state index is 13.2. The molecule has 1 aliphatic rings. The molecule has 0 radical (unpaired) electrons. The molecule has 25 heavy (non-hydrogen) atoms. The van der Waals surface area contributed by atoms with Crippen LogP contribution in [0.15, 0.2) is 23.2 Å². The second kappa shape index (κ2) is 8.51. The Morgan fingerprint density at radius 1 is 1.32 bits per heavy atom. The molecule has 1 aromatic carbocycles. The number of aliphatic imine (C=N–C) groups is 1. The quantitative estimate of drug-likeness (QED) is 0.507. The molecule has 0 unspecified atom stereocenters. The number of hydrogen-bond acceptors (Lipinski definition) is 2. The zero-order valence-corrected chi connectivity index (χ0v) is 14.4. The standard InChI is InChI=1S/C17H23F4N3O/c1-3-25-14-6-8-24(9-7-14)16(22-2)23-11-12-4-5-13(18)10-15(12)17(19,20)21/h4-5,10,14H,3,6-9,11H2,1-2H3,(H,22,23). The average Bonchev–Trinajstić information content (AvgIpc) is 2.57. The van der Waals surface area contributed by atoms with Crippen LogP contribution in [0.3, 0.4) is 0 Å². The van der Waals surface area contributed by atoms with Crippen LogP contribution >= 0.6 is 0 Å². The molecule has 8 heteroatoms. The van der Waals surface area contributed by atoms with Crippen LogP contribution in [0.25, 0.3) is 0 Å². The summed E-state index contributed by atoms with van der Waals surface area (Å²) in [5, 5.41) is 2.95. The first kappa shape index (κ1) is 19.5. The van der Waals surface area contributed by atoms with Crippen LogP contribution in [0, 0.1) is 5.82 Å². The number of hydrogen-bond donors (Lipinski definition) is 1. The third-order valence-corrected chi connectivity index (χ3v) is 4.17. The molecule has 1 fully saturated rings. The second-order valence-electron chi connectivity index (χ2n) is 5.84. The van der Waals surface area contributed by atoms with Gasteiger partial charge in [0.05, 0.1) is 11.7 Å². The summed E-state index contributed by atoms with van der Waals surface area (Å²) >= 11 is 0. The van der Waals surface area contributed by atoms with E-state index in [0.29, 0.717) is 18.6 Å². The SMILES string of the molecule is CCOC1CCN(C(=NC)NCc2ccc(F)cc2C(F)(F)F)CC1. The Kier molecular flexibility index (Phi) is 6.64. The van der Waals surface area contributed by atoms with Crippen molar-refractivity contribution in [1.82, 2.24) is 10.2 Å². The van der Waals surface area contributed by atoms with Gasteiger partial charge in [-0.25, -0.2) is 4.39 Å². The number of guanidine groups is 1. The summed E-state index contributed by atoms with van der Waals surface area (Å²) in [7, 11) is 1.59. The highest BCUT2D eigenvalue weighted by molar-refractivity contribution is 5.80. The largest absolute Gasteiger partial charge is 0.416 e. The van der Waals surface area contributed by atoms with E-state index in [9.17, 15) is 17.6 Å². The predicted molar refractivity (Wildman–Crippen MR) is 87.8 cm³/mol. The van der Waals surface area contributed by atoms with E-state index in [1.165, 1.54) is 0 Å². The molecule has 0 bridgehead atoms. The lowest BCUT2D eigenvalue weighted by molar-refractivity contribution is -0.138. The zero-order valence-electron chi connectivity index (χ0n) is 14.4.